The smallest absolute Gasteiger partial charge is 0.270 e. The Morgan fingerprint density at radius 1 is 1.25 bits per heavy atom. The van der Waals surface area contributed by atoms with Gasteiger partial charge < -0.3 is 10.1 Å². The number of hydrogen-bond acceptors (Lipinski definition) is 5. The summed E-state index contributed by atoms with van der Waals surface area (Å²) in [6, 6.07) is 12.9. The van der Waals surface area contributed by atoms with Gasteiger partial charge in [-0.2, -0.15) is 5.10 Å². The van der Waals surface area contributed by atoms with Crippen molar-refractivity contribution >= 4 is 17.6 Å². The molecule has 8 nitrogen and oxygen atoms in total. The van der Waals surface area contributed by atoms with E-state index in [0.717, 1.165) is 28.8 Å². The summed E-state index contributed by atoms with van der Waals surface area (Å²) >= 11 is 0. The van der Waals surface area contributed by atoms with E-state index >= 15 is 0 Å². The van der Waals surface area contributed by atoms with Crippen LogP contribution in [0.1, 0.15) is 47.5 Å². The first-order valence-corrected chi connectivity index (χ1v) is 10.9. The summed E-state index contributed by atoms with van der Waals surface area (Å²) in [5, 5.41) is 7.54. The van der Waals surface area contributed by atoms with Crippen LogP contribution in [0.15, 0.2) is 48.7 Å². The number of aromatic nitrogens is 3. The number of nitrogens with one attached hydrogen (secondary N) is 1. The van der Waals surface area contributed by atoms with Gasteiger partial charge in [0.25, 0.3) is 11.8 Å². The van der Waals surface area contributed by atoms with Crippen molar-refractivity contribution < 1.29 is 14.3 Å². The van der Waals surface area contributed by atoms with Gasteiger partial charge in [-0.3, -0.25) is 19.5 Å². The third-order valence-electron chi connectivity index (χ3n) is 6.15. The van der Waals surface area contributed by atoms with Crippen LogP contribution in [0.3, 0.4) is 0 Å². The maximum Gasteiger partial charge on any atom is 0.270 e. The van der Waals surface area contributed by atoms with E-state index in [1.54, 1.807) is 24.2 Å². The quantitative estimate of drug-likeness (QED) is 0.686. The highest BCUT2D eigenvalue weighted by Crippen LogP contribution is 2.32. The van der Waals surface area contributed by atoms with Crippen molar-refractivity contribution in [3.63, 3.8) is 0 Å². The van der Waals surface area contributed by atoms with Crippen molar-refractivity contribution in [1.29, 1.82) is 0 Å². The fraction of sp³-hybridized carbons (Fsp3) is 0.333. The van der Waals surface area contributed by atoms with E-state index in [0.29, 0.717) is 31.1 Å². The molecule has 1 aromatic carbocycles. The highest BCUT2D eigenvalue weighted by atomic mass is 16.5. The van der Waals surface area contributed by atoms with E-state index in [9.17, 15) is 9.59 Å². The third-order valence-corrected chi connectivity index (χ3v) is 6.15. The number of benzene rings is 1. The average Bonchev–Trinajstić information content (AvgIpc) is 3.42. The minimum Gasteiger partial charge on any atom is -0.369 e. The highest BCUT2D eigenvalue weighted by Gasteiger charge is 2.31. The van der Waals surface area contributed by atoms with Gasteiger partial charge in [-0.25, -0.2) is 4.68 Å². The largest absolute Gasteiger partial charge is 0.369 e. The number of carbonyl (C=O) groups is 2. The Morgan fingerprint density at radius 2 is 2.06 bits per heavy atom. The SMILES string of the molecule is CCC1OCc2cc(C(=O)NC3CCn4nc(-c5ccccc5)cc4N(C)C3=O)ncc21. The highest BCUT2D eigenvalue weighted by molar-refractivity contribution is 6.01. The summed E-state index contributed by atoms with van der Waals surface area (Å²) in [5.74, 6) is 0.181. The summed E-state index contributed by atoms with van der Waals surface area (Å²) in [7, 11) is 1.71. The standard InChI is InChI=1S/C24H25N5O3/c1-3-21-17-13-25-20(11-16(17)14-32-21)23(30)26-18-9-10-29-22(28(2)24(18)31)12-19(27-29)15-7-5-4-6-8-15/h4-8,11-13,18,21H,3,9-10,14H2,1-2H3,(H,26,30). The number of hydrogen-bond donors (Lipinski definition) is 1. The molecule has 0 fully saturated rings. The topological polar surface area (TPSA) is 89.4 Å². The molecule has 0 saturated heterocycles. The van der Waals surface area contributed by atoms with E-state index in [4.69, 9.17) is 4.74 Å². The molecule has 5 rings (SSSR count). The van der Waals surface area contributed by atoms with E-state index in [2.05, 4.69) is 22.3 Å². The molecule has 0 radical (unpaired) electrons. The summed E-state index contributed by atoms with van der Waals surface area (Å²) in [4.78, 5) is 31.9. The van der Waals surface area contributed by atoms with Crippen LogP contribution in [-0.4, -0.2) is 39.7 Å². The van der Waals surface area contributed by atoms with Crippen molar-refractivity contribution in [1.82, 2.24) is 20.1 Å². The molecular weight excluding hydrogens is 406 g/mol. The Kier molecular flexibility index (Phi) is 5.22. The van der Waals surface area contributed by atoms with Crippen LogP contribution in [0.2, 0.25) is 0 Å². The molecule has 8 heteroatoms. The molecule has 2 aliphatic heterocycles. The van der Waals surface area contributed by atoms with Crippen molar-refractivity contribution in [2.24, 2.45) is 0 Å². The zero-order valence-electron chi connectivity index (χ0n) is 18.1. The number of ether oxygens (including phenoxy) is 1. The van der Waals surface area contributed by atoms with Gasteiger partial charge >= 0.3 is 0 Å². The van der Waals surface area contributed by atoms with E-state index in [1.165, 1.54) is 0 Å². The lowest BCUT2D eigenvalue weighted by molar-refractivity contribution is -0.120. The van der Waals surface area contributed by atoms with Gasteiger partial charge in [0.05, 0.1) is 18.4 Å². The minimum absolute atomic E-state index is 0.0368. The monoisotopic (exact) mass is 431 g/mol. The Labute approximate surface area is 186 Å². The Bertz CT molecular complexity index is 1170. The number of likely N-dealkylation sites (N-methyl/N-ethyl adjacent to an activating group) is 1. The Balaban J connectivity index is 1.32. The predicted octanol–water partition coefficient (Wildman–Crippen LogP) is 3.09. The van der Waals surface area contributed by atoms with Gasteiger partial charge in [-0.1, -0.05) is 37.3 Å². The molecule has 4 heterocycles. The van der Waals surface area contributed by atoms with Crippen molar-refractivity contribution in [2.45, 2.75) is 45.1 Å². The number of rotatable bonds is 4. The van der Waals surface area contributed by atoms with Gasteiger partial charge in [0.2, 0.25) is 0 Å². The number of amides is 2. The summed E-state index contributed by atoms with van der Waals surface area (Å²) in [6.45, 7) is 3.06. The number of pyridine rings is 1. The Morgan fingerprint density at radius 3 is 2.84 bits per heavy atom. The zero-order chi connectivity index (χ0) is 22.2. The third kappa shape index (κ3) is 3.56. The van der Waals surface area contributed by atoms with E-state index < -0.39 is 6.04 Å². The second-order valence-electron chi connectivity index (χ2n) is 8.17. The lowest BCUT2D eigenvalue weighted by Gasteiger charge is -2.20. The number of anilines is 1. The van der Waals surface area contributed by atoms with Crippen molar-refractivity contribution in [3.8, 4) is 11.3 Å². The molecule has 0 bridgehead atoms. The molecule has 0 aliphatic carbocycles. The molecule has 0 spiro atoms. The summed E-state index contributed by atoms with van der Waals surface area (Å²) in [5.41, 5.74) is 4.13. The van der Waals surface area contributed by atoms with Crippen LogP contribution in [0.5, 0.6) is 0 Å². The zero-order valence-corrected chi connectivity index (χ0v) is 18.1. The van der Waals surface area contributed by atoms with Crippen LogP contribution in [0.4, 0.5) is 5.82 Å². The lowest BCUT2D eigenvalue weighted by Crippen LogP contribution is -2.47. The first-order chi connectivity index (χ1) is 15.5. The van der Waals surface area contributed by atoms with E-state index in [-0.39, 0.29) is 17.9 Å². The maximum atomic E-state index is 13.1. The number of carbonyl (C=O) groups excluding carboxylic acids is 2. The normalized spacial score (nSPS) is 19.9. The van der Waals surface area contributed by atoms with Gasteiger partial charge in [0, 0.05) is 37.0 Å². The van der Waals surface area contributed by atoms with Crippen molar-refractivity contribution in [2.75, 3.05) is 11.9 Å². The molecule has 164 valence electrons. The first-order valence-electron chi connectivity index (χ1n) is 10.9. The van der Waals surface area contributed by atoms with Crippen LogP contribution >= 0.6 is 0 Å². The van der Waals surface area contributed by atoms with Crippen LogP contribution in [0, 0.1) is 0 Å². The molecule has 3 aromatic rings. The number of nitrogens with zero attached hydrogens (tertiary/aromatic N) is 4. The Hall–Kier alpha value is -3.52. The molecule has 2 unspecified atom stereocenters. The number of fused-ring (bicyclic) bond motifs is 2. The summed E-state index contributed by atoms with van der Waals surface area (Å²) < 4.78 is 7.55. The first kappa shape index (κ1) is 20.4. The molecule has 2 amide bonds. The second-order valence-corrected chi connectivity index (χ2v) is 8.17. The van der Waals surface area contributed by atoms with Gasteiger partial charge in [0.15, 0.2) is 0 Å². The molecule has 2 atom stereocenters. The predicted molar refractivity (Wildman–Crippen MR) is 119 cm³/mol. The van der Waals surface area contributed by atoms with Gasteiger partial charge in [-0.15, -0.1) is 0 Å². The van der Waals surface area contributed by atoms with Crippen LogP contribution < -0.4 is 10.2 Å². The maximum absolute atomic E-state index is 13.1. The van der Waals surface area contributed by atoms with Gasteiger partial charge in [-0.05, 0) is 24.5 Å². The molecular formula is C24H25N5O3. The lowest BCUT2D eigenvalue weighted by atomic mass is 10.1. The van der Waals surface area contributed by atoms with E-state index in [1.807, 2.05) is 41.1 Å². The second kappa shape index (κ2) is 8.20. The molecule has 2 aromatic heterocycles. The summed E-state index contributed by atoms with van der Waals surface area (Å²) in [6.07, 6.45) is 3.07. The van der Waals surface area contributed by atoms with Crippen molar-refractivity contribution in [3.05, 3.63) is 65.5 Å². The fourth-order valence-corrected chi connectivity index (χ4v) is 4.34. The molecule has 1 N–H and O–H groups in total. The van der Waals surface area contributed by atoms with Crippen LogP contribution in [0.25, 0.3) is 11.3 Å². The minimum atomic E-state index is -0.649. The van der Waals surface area contributed by atoms with Crippen LogP contribution in [-0.2, 0) is 22.7 Å². The fourth-order valence-electron chi connectivity index (χ4n) is 4.34. The molecule has 0 saturated carbocycles. The average molecular weight is 431 g/mol. The van der Waals surface area contributed by atoms with Gasteiger partial charge in [0.1, 0.15) is 17.6 Å². The molecule has 2 aliphatic rings. The molecule has 32 heavy (non-hydrogen) atoms. The number of aryl methyl sites for hydroxylation is 1.